The molecule has 2 aromatic heterocycles. The molecule has 2 heterocycles. The van der Waals surface area contributed by atoms with Gasteiger partial charge in [-0.15, -0.1) is 0 Å². The molecule has 0 fully saturated rings. The highest BCUT2D eigenvalue weighted by atomic mass is 15.3. The summed E-state index contributed by atoms with van der Waals surface area (Å²) in [6, 6.07) is 1.98. The van der Waals surface area contributed by atoms with Crippen LogP contribution in [0.25, 0.3) is 5.82 Å². The molecule has 0 atom stereocenters. The number of anilines is 1. The van der Waals surface area contributed by atoms with Crippen molar-refractivity contribution in [2.75, 3.05) is 11.9 Å². The fraction of sp³-hybridized carbons (Fsp3) is 0.562. The molecule has 0 aliphatic carbocycles. The van der Waals surface area contributed by atoms with Gasteiger partial charge in [-0.25, -0.2) is 14.6 Å². The highest BCUT2D eigenvalue weighted by Gasteiger charge is 2.13. The van der Waals surface area contributed by atoms with Crippen LogP contribution in [-0.4, -0.2) is 26.3 Å². The Hall–Kier alpha value is -1.91. The van der Waals surface area contributed by atoms with E-state index in [2.05, 4.69) is 55.0 Å². The lowest BCUT2D eigenvalue weighted by molar-refractivity contribution is 0.781. The third-order valence-electron chi connectivity index (χ3n) is 3.64. The van der Waals surface area contributed by atoms with Crippen LogP contribution >= 0.6 is 0 Å². The first kappa shape index (κ1) is 15.5. The van der Waals surface area contributed by atoms with Gasteiger partial charge in [0.2, 0.25) is 0 Å². The van der Waals surface area contributed by atoms with Gasteiger partial charge in [0.1, 0.15) is 11.6 Å². The highest BCUT2D eigenvalue weighted by molar-refractivity contribution is 5.43. The van der Waals surface area contributed by atoms with Crippen LogP contribution in [0.2, 0.25) is 0 Å². The summed E-state index contributed by atoms with van der Waals surface area (Å²) in [4.78, 5) is 9.16. The minimum atomic E-state index is 0.814. The van der Waals surface area contributed by atoms with E-state index in [0.717, 1.165) is 54.7 Å². The average molecular weight is 287 g/mol. The Morgan fingerprint density at radius 1 is 1.10 bits per heavy atom. The van der Waals surface area contributed by atoms with Crippen molar-refractivity contribution in [3.8, 4) is 5.82 Å². The maximum atomic E-state index is 4.65. The van der Waals surface area contributed by atoms with E-state index in [4.69, 9.17) is 0 Å². The molecule has 0 bridgehead atoms. The number of hydrogen-bond acceptors (Lipinski definition) is 4. The Morgan fingerprint density at radius 2 is 1.86 bits per heavy atom. The van der Waals surface area contributed by atoms with E-state index in [0.29, 0.717) is 0 Å². The Labute approximate surface area is 126 Å². The summed E-state index contributed by atoms with van der Waals surface area (Å²) in [5.74, 6) is 2.57. The zero-order valence-corrected chi connectivity index (χ0v) is 13.7. The van der Waals surface area contributed by atoms with Crippen molar-refractivity contribution in [2.45, 2.75) is 53.9 Å². The van der Waals surface area contributed by atoms with E-state index >= 15 is 0 Å². The second-order valence-corrected chi connectivity index (χ2v) is 5.22. The lowest BCUT2D eigenvalue weighted by atomic mass is 10.1. The fourth-order valence-corrected chi connectivity index (χ4v) is 2.50. The van der Waals surface area contributed by atoms with Gasteiger partial charge in [0, 0.05) is 24.7 Å². The predicted octanol–water partition coefficient (Wildman–Crippen LogP) is 3.23. The molecule has 5 nitrogen and oxygen atoms in total. The quantitative estimate of drug-likeness (QED) is 0.886. The summed E-state index contributed by atoms with van der Waals surface area (Å²) in [7, 11) is 0. The molecular formula is C16H25N5. The van der Waals surface area contributed by atoms with E-state index in [-0.39, 0.29) is 0 Å². The van der Waals surface area contributed by atoms with Gasteiger partial charge in [0.05, 0.1) is 5.69 Å². The van der Waals surface area contributed by atoms with Crippen LogP contribution in [0.4, 0.5) is 5.82 Å². The maximum Gasteiger partial charge on any atom is 0.159 e. The van der Waals surface area contributed by atoms with Gasteiger partial charge in [-0.2, -0.15) is 5.10 Å². The SMILES string of the molecule is CCCNc1cc(-n2nc(C)c(CC)c2C)nc(CC)n1. The van der Waals surface area contributed by atoms with Crippen LogP contribution in [0.3, 0.4) is 0 Å². The molecule has 1 N–H and O–H groups in total. The van der Waals surface area contributed by atoms with Crippen molar-refractivity contribution in [3.05, 3.63) is 28.8 Å². The summed E-state index contributed by atoms with van der Waals surface area (Å²) in [5.41, 5.74) is 3.54. The average Bonchev–Trinajstić information content (AvgIpc) is 2.79. The molecule has 2 aromatic rings. The van der Waals surface area contributed by atoms with Crippen molar-refractivity contribution in [3.63, 3.8) is 0 Å². The molecule has 0 saturated heterocycles. The molecule has 0 amide bonds. The summed E-state index contributed by atoms with van der Waals surface area (Å²) < 4.78 is 1.94. The molecule has 0 aliphatic rings. The monoisotopic (exact) mass is 287 g/mol. The fourth-order valence-electron chi connectivity index (χ4n) is 2.50. The zero-order valence-electron chi connectivity index (χ0n) is 13.7. The number of nitrogens with one attached hydrogen (secondary N) is 1. The van der Waals surface area contributed by atoms with Crippen LogP contribution in [-0.2, 0) is 12.8 Å². The number of hydrogen-bond donors (Lipinski definition) is 1. The summed E-state index contributed by atoms with van der Waals surface area (Å²) >= 11 is 0. The first-order valence-corrected chi connectivity index (χ1v) is 7.77. The Balaban J connectivity index is 2.47. The van der Waals surface area contributed by atoms with Gasteiger partial charge in [-0.1, -0.05) is 20.8 Å². The smallest absolute Gasteiger partial charge is 0.159 e. The standard InChI is InChI=1S/C16H25N5/c1-6-9-17-15-10-16(19-14(8-3)18-15)21-12(5)13(7-2)11(4)20-21/h10H,6-9H2,1-5H3,(H,17,18,19). The number of rotatable bonds is 6. The predicted molar refractivity (Wildman–Crippen MR) is 86.2 cm³/mol. The molecule has 5 heteroatoms. The number of aryl methyl sites for hydroxylation is 2. The number of nitrogens with zero attached hydrogens (tertiary/aromatic N) is 4. The number of aromatic nitrogens is 4. The molecule has 2 rings (SSSR count). The van der Waals surface area contributed by atoms with E-state index < -0.39 is 0 Å². The topological polar surface area (TPSA) is 55.6 Å². The van der Waals surface area contributed by atoms with E-state index in [1.807, 2.05) is 10.7 Å². The van der Waals surface area contributed by atoms with Gasteiger partial charge >= 0.3 is 0 Å². The van der Waals surface area contributed by atoms with Crippen LogP contribution in [0.15, 0.2) is 6.07 Å². The van der Waals surface area contributed by atoms with Crippen LogP contribution in [0.5, 0.6) is 0 Å². The van der Waals surface area contributed by atoms with Crippen LogP contribution < -0.4 is 5.32 Å². The molecule has 0 spiro atoms. The van der Waals surface area contributed by atoms with Gasteiger partial charge in [0.15, 0.2) is 5.82 Å². The Morgan fingerprint density at radius 3 is 2.43 bits per heavy atom. The van der Waals surface area contributed by atoms with Crippen molar-refractivity contribution in [2.24, 2.45) is 0 Å². The third-order valence-corrected chi connectivity index (χ3v) is 3.64. The van der Waals surface area contributed by atoms with Gasteiger partial charge in [0.25, 0.3) is 0 Å². The molecule has 114 valence electrons. The summed E-state index contributed by atoms with van der Waals surface area (Å²) in [6.07, 6.45) is 2.87. The van der Waals surface area contributed by atoms with Crippen molar-refractivity contribution < 1.29 is 0 Å². The first-order valence-electron chi connectivity index (χ1n) is 7.77. The second kappa shape index (κ2) is 6.70. The lowest BCUT2D eigenvalue weighted by Crippen LogP contribution is -2.10. The summed E-state index contributed by atoms with van der Waals surface area (Å²) in [6.45, 7) is 11.4. The van der Waals surface area contributed by atoms with Crippen molar-refractivity contribution in [1.29, 1.82) is 0 Å². The zero-order chi connectivity index (χ0) is 15.4. The highest BCUT2D eigenvalue weighted by Crippen LogP contribution is 2.19. The third kappa shape index (κ3) is 3.23. The van der Waals surface area contributed by atoms with Crippen LogP contribution in [0.1, 0.15) is 50.0 Å². The molecule has 0 aromatic carbocycles. The first-order chi connectivity index (χ1) is 10.1. The van der Waals surface area contributed by atoms with E-state index in [9.17, 15) is 0 Å². The molecule has 0 radical (unpaired) electrons. The Kier molecular flexibility index (Phi) is 4.94. The largest absolute Gasteiger partial charge is 0.370 e. The van der Waals surface area contributed by atoms with Crippen LogP contribution in [0, 0.1) is 13.8 Å². The van der Waals surface area contributed by atoms with Gasteiger partial charge in [-0.05, 0) is 32.3 Å². The summed E-state index contributed by atoms with van der Waals surface area (Å²) in [5, 5.41) is 7.99. The second-order valence-electron chi connectivity index (χ2n) is 5.22. The molecule has 21 heavy (non-hydrogen) atoms. The normalized spacial score (nSPS) is 10.9. The molecule has 0 unspecified atom stereocenters. The molecule has 0 saturated carbocycles. The lowest BCUT2D eigenvalue weighted by Gasteiger charge is -2.10. The minimum absolute atomic E-state index is 0.814. The Bertz CT molecular complexity index is 615. The van der Waals surface area contributed by atoms with E-state index in [1.165, 1.54) is 5.56 Å². The molecular weight excluding hydrogens is 262 g/mol. The van der Waals surface area contributed by atoms with Gasteiger partial charge in [-0.3, -0.25) is 0 Å². The van der Waals surface area contributed by atoms with Gasteiger partial charge < -0.3 is 5.32 Å². The maximum absolute atomic E-state index is 4.65. The van der Waals surface area contributed by atoms with Crippen molar-refractivity contribution in [1.82, 2.24) is 19.7 Å². The molecule has 0 aliphatic heterocycles. The minimum Gasteiger partial charge on any atom is -0.370 e. The van der Waals surface area contributed by atoms with Crippen molar-refractivity contribution >= 4 is 5.82 Å². The van der Waals surface area contributed by atoms with E-state index in [1.54, 1.807) is 0 Å².